The fourth-order valence-electron chi connectivity index (χ4n) is 4.62. The van der Waals surface area contributed by atoms with Crippen LogP contribution < -0.4 is 16.0 Å². The third kappa shape index (κ3) is 10.5. The van der Waals surface area contributed by atoms with Crippen LogP contribution in [0.15, 0.2) is 35.0 Å². The molecule has 0 aliphatic carbocycles. The molecule has 1 saturated heterocycles. The largest absolute Gasteiger partial charge is 0.444 e. The number of hydrogen-bond donors (Lipinski definition) is 4. The van der Waals surface area contributed by atoms with Crippen molar-refractivity contribution < 1.29 is 29.0 Å². The molecule has 238 valence electrons. The monoisotopic (exact) mass is 599 g/mol. The number of likely N-dealkylation sites (tertiary alicyclic amines) is 1. The zero-order chi connectivity index (χ0) is 32.7. The number of amides is 4. The van der Waals surface area contributed by atoms with Crippen LogP contribution in [0.25, 0.3) is 5.57 Å². The summed E-state index contributed by atoms with van der Waals surface area (Å²) in [7, 11) is 0. The minimum absolute atomic E-state index is 0.0367. The summed E-state index contributed by atoms with van der Waals surface area (Å²) in [5.74, 6) is -1.46. The van der Waals surface area contributed by atoms with E-state index in [1.807, 2.05) is 45.0 Å². The van der Waals surface area contributed by atoms with E-state index in [9.17, 15) is 24.3 Å². The predicted molar refractivity (Wildman–Crippen MR) is 167 cm³/mol. The van der Waals surface area contributed by atoms with Gasteiger partial charge in [0.25, 0.3) is 0 Å². The van der Waals surface area contributed by atoms with Crippen molar-refractivity contribution in [1.29, 1.82) is 0 Å². The first-order chi connectivity index (χ1) is 19.8. The summed E-state index contributed by atoms with van der Waals surface area (Å²) in [6.45, 7) is 18.0. The third-order valence-electron chi connectivity index (χ3n) is 7.11. The van der Waals surface area contributed by atoms with E-state index in [2.05, 4.69) is 20.9 Å². The summed E-state index contributed by atoms with van der Waals surface area (Å²) in [4.78, 5) is 57.9. The van der Waals surface area contributed by atoms with Gasteiger partial charge in [-0.05, 0) is 70.6 Å². The molecule has 4 N–H and O–H groups in total. The highest BCUT2D eigenvalue weighted by Crippen LogP contribution is 2.26. The number of rotatable bonds is 9. The Kier molecular flexibility index (Phi) is 12.1. The van der Waals surface area contributed by atoms with Crippen LogP contribution in [0.3, 0.4) is 0 Å². The Hall–Kier alpha value is -3.73. The van der Waals surface area contributed by atoms with E-state index in [1.54, 1.807) is 47.8 Å². The fraction of sp³-hybridized carbons (Fsp3) is 0.594. The van der Waals surface area contributed by atoms with E-state index in [-0.39, 0.29) is 19.5 Å². The highest BCUT2D eigenvalue weighted by atomic mass is 16.6. The summed E-state index contributed by atoms with van der Waals surface area (Å²) in [6, 6.07) is 4.88. The SMILES string of the molecule is C/C=N\C(C)=C(/C)c1ccc(CNC(=O)[C@@H]2C[C@@H](O)CN2C(=O)[C@@H](NC(=O)[C@H](C)NC(=O)OC(C)(C)C)C(C)(C)C)cc1. The van der Waals surface area contributed by atoms with Crippen molar-refractivity contribution >= 4 is 35.6 Å². The number of benzene rings is 1. The molecule has 0 radical (unpaired) electrons. The van der Waals surface area contributed by atoms with Crippen LogP contribution in [0.2, 0.25) is 0 Å². The van der Waals surface area contributed by atoms with Gasteiger partial charge in [0.15, 0.2) is 0 Å². The summed E-state index contributed by atoms with van der Waals surface area (Å²) in [5.41, 5.74) is 2.41. The number of carbonyl (C=O) groups is 4. The van der Waals surface area contributed by atoms with Crippen LogP contribution in [0.4, 0.5) is 4.79 Å². The van der Waals surface area contributed by atoms with Gasteiger partial charge in [0.1, 0.15) is 23.7 Å². The number of aliphatic hydroxyl groups is 1. The summed E-state index contributed by atoms with van der Waals surface area (Å²) in [6.07, 6.45) is 0.194. The molecule has 1 heterocycles. The zero-order valence-corrected chi connectivity index (χ0v) is 27.2. The molecule has 0 unspecified atom stereocenters. The first-order valence-corrected chi connectivity index (χ1v) is 14.7. The van der Waals surface area contributed by atoms with Gasteiger partial charge in [0.2, 0.25) is 17.7 Å². The molecule has 1 fully saturated rings. The molecule has 1 aliphatic rings. The van der Waals surface area contributed by atoms with E-state index < -0.39 is 59.1 Å². The average molecular weight is 600 g/mol. The van der Waals surface area contributed by atoms with Crippen molar-refractivity contribution in [1.82, 2.24) is 20.9 Å². The number of aliphatic hydroxyl groups excluding tert-OH is 1. The Bertz CT molecular complexity index is 1230. The van der Waals surface area contributed by atoms with Gasteiger partial charge in [0, 0.05) is 31.4 Å². The Morgan fingerprint density at radius 2 is 1.67 bits per heavy atom. The standard InChI is InChI=1S/C32H49N5O6/c1-11-33-20(3)19(2)23-14-12-22(13-15-23)17-34-28(40)25-16-24(38)18-37(25)29(41)26(31(5,6)7)36-27(39)21(4)35-30(42)43-32(8,9)10/h11-15,21,24-26,38H,16-18H2,1-10H3,(H,34,40)(H,35,42)(H,36,39)/b20-19+,33-11-/t21-,24+,25-,26+/m0/s1. The molecular formula is C32H49N5O6. The zero-order valence-electron chi connectivity index (χ0n) is 27.2. The Morgan fingerprint density at radius 3 is 2.21 bits per heavy atom. The number of alkyl carbamates (subject to hydrolysis) is 1. The lowest BCUT2D eigenvalue weighted by molar-refractivity contribution is -0.144. The molecule has 43 heavy (non-hydrogen) atoms. The summed E-state index contributed by atoms with van der Waals surface area (Å²) in [5, 5.41) is 18.5. The number of ether oxygens (including phenoxy) is 1. The quantitative estimate of drug-likeness (QED) is 0.319. The van der Waals surface area contributed by atoms with Gasteiger partial charge in [-0.3, -0.25) is 19.4 Å². The maximum Gasteiger partial charge on any atom is 0.408 e. The fourth-order valence-corrected chi connectivity index (χ4v) is 4.62. The molecule has 0 aromatic heterocycles. The molecule has 1 aliphatic heterocycles. The number of hydrogen-bond acceptors (Lipinski definition) is 7. The van der Waals surface area contributed by atoms with E-state index >= 15 is 0 Å². The molecule has 0 bridgehead atoms. The van der Waals surface area contributed by atoms with Gasteiger partial charge in [-0.1, -0.05) is 45.0 Å². The highest BCUT2D eigenvalue weighted by molar-refractivity contribution is 5.94. The maximum atomic E-state index is 13.8. The van der Waals surface area contributed by atoms with Crippen molar-refractivity contribution in [2.45, 2.75) is 112 Å². The van der Waals surface area contributed by atoms with Crippen LogP contribution in [0.5, 0.6) is 0 Å². The highest BCUT2D eigenvalue weighted by Gasteiger charge is 2.44. The second kappa shape index (κ2) is 14.6. The average Bonchev–Trinajstić information content (AvgIpc) is 3.29. The number of nitrogens with zero attached hydrogens (tertiary/aromatic N) is 2. The number of β-amino-alcohol motifs (C(OH)–C–C–N with tert-alkyl or cyclic N) is 1. The molecule has 11 heteroatoms. The Morgan fingerprint density at radius 1 is 1.07 bits per heavy atom. The van der Waals surface area contributed by atoms with Crippen molar-refractivity contribution in [3.8, 4) is 0 Å². The number of allylic oxidation sites excluding steroid dienone is 2. The van der Waals surface area contributed by atoms with Gasteiger partial charge in [-0.2, -0.15) is 0 Å². The second-order valence-electron chi connectivity index (χ2n) is 13.1. The lowest BCUT2D eigenvalue weighted by Gasteiger charge is -2.36. The molecule has 4 amide bonds. The van der Waals surface area contributed by atoms with E-state index in [0.717, 1.165) is 22.4 Å². The first-order valence-electron chi connectivity index (χ1n) is 14.7. The second-order valence-corrected chi connectivity index (χ2v) is 13.1. The van der Waals surface area contributed by atoms with Crippen LogP contribution >= 0.6 is 0 Å². The third-order valence-corrected chi connectivity index (χ3v) is 7.11. The molecule has 2 rings (SSSR count). The van der Waals surface area contributed by atoms with E-state index in [1.165, 1.54) is 11.8 Å². The van der Waals surface area contributed by atoms with Gasteiger partial charge >= 0.3 is 6.09 Å². The van der Waals surface area contributed by atoms with Gasteiger partial charge in [0.05, 0.1) is 6.10 Å². The molecule has 0 saturated carbocycles. The molecule has 11 nitrogen and oxygen atoms in total. The Labute approximate surface area is 255 Å². The number of nitrogens with one attached hydrogen (secondary N) is 3. The van der Waals surface area contributed by atoms with Gasteiger partial charge in [-0.25, -0.2) is 4.79 Å². The molecular weight excluding hydrogens is 550 g/mol. The van der Waals surface area contributed by atoms with Crippen LogP contribution in [-0.2, 0) is 25.7 Å². The summed E-state index contributed by atoms with van der Waals surface area (Å²) < 4.78 is 5.22. The molecule has 0 spiro atoms. The minimum Gasteiger partial charge on any atom is -0.444 e. The normalized spacial score (nSPS) is 19.4. The number of carbonyl (C=O) groups excluding carboxylic acids is 4. The van der Waals surface area contributed by atoms with E-state index in [4.69, 9.17) is 4.74 Å². The minimum atomic E-state index is -1.02. The number of aliphatic imine (C=N–C) groups is 1. The van der Waals surface area contributed by atoms with E-state index in [0.29, 0.717) is 0 Å². The van der Waals surface area contributed by atoms with Crippen LogP contribution in [-0.4, -0.2) is 76.4 Å². The van der Waals surface area contributed by atoms with Gasteiger partial charge < -0.3 is 30.7 Å². The smallest absolute Gasteiger partial charge is 0.408 e. The Balaban J connectivity index is 2.12. The maximum absolute atomic E-state index is 13.8. The summed E-state index contributed by atoms with van der Waals surface area (Å²) >= 11 is 0. The van der Waals surface area contributed by atoms with Crippen molar-refractivity contribution in [2.24, 2.45) is 10.4 Å². The lowest BCUT2D eigenvalue weighted by atomic mass is 9.85. The topological polar surface area (TPSA) is 149 Å². The predicted octanol–water partition coefficient (Wildman–Crippen LogP) is 3.55. The molecule has 4 atom stereocenters. The van der Waals surface area contributed by atoms with Crippen LogP contribution in [0, 0.1) is 5.41 Å². The van der Waals surface area contributed by atoms with Crippen molar-refractivity contribution in [3.05, 3.63) is 41.1 Å². The lowest BCUT2D eigenvalue weighted by Crippen LogP contribution is -2.60. The van der Waals surface area contributed by atoms with Crippen molar-refractivity contribution in [2.75, 3.05) is 6.54 Å². The van der Waals surface area contributed by atoms with Crippen LogP contribution in [0.1, 0.15) is 86.8 Å². The molecule has 1 aromatic carbocycles. The first kappa shape index (κ1) is 35.5. The molecule has 1 aromatic rings. The van der Waals surface area contributed by atoms with Gasteiger partial charge in [-0.15, -0.1) is 0 Å². The van der Waals surface area contributed by atoms with Crippen molar-refractivity contribution in [3.63, 3.8) is 0 Å².